The maximum Gasteiger partial charge on any atom is 0.237 e. The minimum atomic E-state index is -0.446. The molecule has 0 saturated carbocycles. The molecule has 3 aromatic rings. The standard InChI is InChI=1S/C32H37N9O3S/c1-38-20-35-29(37-38)24-17-34-30(45-24)22-4-10-40(11-5-22)26(42)18-39-12-8-32(19-39)9-13-41(31(32)43)25-3-2-23-16-33-27(28(23)36-25)21-6-14-44-15-7-21/h2-4,17,20-21H,5-16,18-19H2,1H3/t32-/m0/s1. The lowest BCUT2D eigenvalue weighted by Crippen LogP contribution is -2.43. The molecule has 0 unspecified atom stereocenters. The van der Waals surface area contributed by atoms with Crippen molar-refractivity contribution in [1.29, 1.82) is 0 Å². The molecule has 45 heavy (non-hydrogen) atoms. The van der Waals surface area contributed by atoms with Crippen molar-refractivity contribution in [3.05, 3.63) is 47.0 Å². The van der Waals surface area contributed by atoms with Crippen molar-refractivity contribution < 1.29 is 14.3 Å². The average molecular weight is 628 g/mol. The third-order valence-corrected chi connectivity index (χ3v) is 11.0. The fourth-order valence-corrected chi connectivity index (χ4v) is 8.31. The van der Waals surface area contributed by atoms with Gasteiger partial charge in [-0.25, -0.2) is 15.0 Å². The van der Waals surface area contributed by atoms with Crippen molar-refractivity contribution >= 4 is 40.3 Å². The highest BCUT2D eigenvalue weighted by atomic mass is 32.1. The number of aromatic nitrogens is 5. The van der Waals surface area contributed by atoms with Gasteiger partial charge in [-0.05, 0) is 50.3 Å². The molecule has 234 valence electrons. The van der Waals surface area contributed by atoms with Crippen molar-refractivity contribution in [1.82, 2.24) is 34.5 Å². The highest BCUT2D eigenvalue weighted by Gasteiger charge is 2.51. The number of ether oxygens (including phenoxy) is 1. The Kier molecular flexibility index (Phi) is 7.34. The molecule has 0 aliphatic carbocycles. The Morgan fingerprint density at radius 2 is 2.00 bits per heavy atom. The molecule has 0 radical (unpaired) electrons. The summed E-state index contributed by atoms with van der Waals surface area (Å²) in [5, 5.41) is 5.33. The topological polar surface area (TPSA) is 122 Å². The number of anilines is 1. The third-order valence-electron chi connectivity index (χ3n) is 9.98. The minimum absolute atomic E-state index is 0.113. The number of pyridine rings is 1. The van der Waals surface area contributed by atoms with Gasteiger partial charge in [-0.2, -0.15) is 5.10 Å². The van der Waals surface area contributed by atoms with Crippen molar-refractivity contribution in [2.24, 2.45) is 23.4 Å². The van der Waals surface area contributed by atoms with E-state index in [0.29, 0.717) is 51.0 Å². The van der Waals surface area contributed by atoms with Crippen LogP contribution < -0.4 is 4.90 Å². The van der Waals surface area contributed by atoms with Crippen LogP contribution in [0.1, 0.15) is 48.4 Å². The number of hydrogen-bond donors (Lipinski definition) is 0. The highest BCUT2D eigenvalue weighted by Crippen LogP contribution is 2.42. The second-order valence-corrected chi connectivity index (χ2v) is 13.8. The van der Waals surface area contributed by atoms with Crippen LogP contribution in [0.4, 0.5) is 5.82 Å². The molecular formula is C32H37N9O3S. The van der Waals surface area contributed by atoms with E-state index in [0.717, 1.165) is 90.1 Å². The monoisotopic (exact) mass is 627 g/mol. The summed E-state index contributed by atoms with van der Waals surface area (Å²) >= 11 is 1.58. The van der Waals surface area contributed by atoms with Gasteiger partial charge in [-0.15, -0.1) is 11.3 Å². The number of carbonyl (C=O) groups excluding carboxylic acids is 2. The fourth-order valence-electron chi connectivity index (χ4n) is 7.39. The molecule has 5 aliphatic heterocycles. The smallest absolute Gasteiger partial charge is 0.237 e. The molecule has 12 nitrogen and oxygen atoms in total. The first-order valence-corrected chi connectivity index (χ1v) is 16.7. The molecule has 8 rings (SSSR count). The van der Waals surface area contributed by atoms with Crippen LogP contribution in [0.3, 0.4) is 0 Å². The van der Waals surface area contributed by atoms with E-state index in [1.165, 1.54) is 0 Å². The Morgan fingerprint density at radius 1 is 1.13 bits per heavy atom. The first kappa shape index (κ1) is 28.6. The van der Waals surface area contributed by atoms with Gasteiger partial charge < -0.3 is 9.64 Å². The molecule has 3 saturated heterocycles. The van der Waals surface area contributed by atoms with E-state index in [9.17, 15) is 9.59 Å². The second kappa shape index (κ2) is 11.5. The van der Waals surface area contributed by atoms with Crippen molar-refractivity contribution in [2.75, 3.05) is 57.4 Å². The lowest BCUT2D eigenvalue weighted by atomic mass is 9.85. The Balaban J connectivity index is 0.879. The first-order valence-electron chi connectivity index (χ1n) is 15.9. The van der Waals surface area contributed by atoms with Gasteiger partial charge in [0.1, 0.15) is 17.2 Å². The zero-order valence-corrected chi connectivity index (χ0v) is 26.3. The third kappa shape index (κ3) is 5.30. The largest absolute Gasteiger partial charge is 0.381 e. The van der Waals surface area contributed by atoms with Crippen LogP contribution in [0.25, 0.3) is 16.3 Å². The Labute approximate surface area is 265 Å². The molecule has 5 aliphatic rings. The van der Waals surface area contributed by atoms with Gasteiger partial charge in [0.2, 0.25) is 11.8 Å². The van der Waals surface area contributed by atoms with Crippen LogP contribution in [-0.2, 0) is 27.9 Å². The normalized spacial score (nSPS) is 24.1. The van der Waals surface area contributed by atoms with Gasteiger partial charge in [0.25, 0.3) is 0 Å². The van der Waals surface area contributed by atoms with Crippen LogP contribution in [0.15, 0.2) is 35.7 Å². The molecule has 3 aromatic heterocycles. The van der Waals surface area contributed by atoms with Gasteiger partial charge in [-0.1, -0.05) is 12.1 Å². The predicted octanol–water partition coefficient (Wildman–Crippen LogP) is 2.81. The van der Waals surface area contributed by atoms with Gasteiger partial charge in [0.15, 0.2) is 5.82 Å². The van der Waals surface area contributed by atoms with E-state index in [1.54, 1.807) is 22.3 Å². The van der Waals surface area contributed by atoms with E-state index in [-0.39, 0.29) is 11.8 Å². The molecule has 8 heterocycles. The number of hydrogen-bond acceptors (Lipinski definition) is 10. The molecule has 1 spiro atoms. The second-order valence-electron chi connectivity index (χ2n) is 12.8. The van der Waals surface area contributed by atoms with Gasteiger partial charge in [0.05, 0.1) is 34.8 Å². The number of aliphatic imine (C=N–C) groups is 1. The Bertz CT molecular complexity index is 1710. The van der Waals surface area contributed by atoms with E-state index in [2.05, 4.69) is 32.1 Å². The first-order chi connectivity index (χ1) is 22.0. The Hall–Kier alpha value is -3.81. The SMILES string of the molecule is Cn1cnc(-c2cnc(C3=CCN(C(=O)CN4CC[C@]5(CCN(c6ccc7c(n6)C(C6CCOCC6)=NC7)C5=O)C4)CC3)s2)n1. The summed E-state index contributed by atoms with van der Waals surface area (Å²) in [4.78, 5) is 52.9. The molecule has 0 N–H and O–H groups in total. The summed E-state index contributed by atoms with van der Waals surface area (Å²) in [6, 6.07) is 4.07. The van der Waals surface area contributed by atoms with Crippen molar-refractivity contribution in [3.8, 4) is 10.7 Å². The Morgan fingerprint density at radius 3 is 2.80 bits per heavy atom. The fraction of sp³-hybridized carbons (Fsp3) is 0.531. The van der Waals surface area contributed by atoms with Crippen molar-refractivity contribution in [2.45, 2.75) is 38.6 Å². The molecular weight excluding hydrogens is 590 g/mol. The average Bonchev–Trinajstić information content (AvgIpc) is 3.91. The number of likely N-dealkylation sites (tertiary alicyclic amines) is 1. The highest BCUT2D eigenvalue weighted by molar-refractivity contribution is 7.16. The summed E-state index contributed by atoms with van der Waals surface area (Å²) in [6.07, 6.45) is 9.88. The molecule has 0 aromatic carbocycles. The van der Waals surface area contributed by atoms with Gasteiger partial charge in [0, 0.05) is 64.1 Å². The quantitative estimate of drug-likeness (QED) is 0.409. The maximum atomic E-state index is 13.9. The number of thiazole rings is 1. The zero-order valence-electron chi connectivity index (χ0n) is 25.5. The number of carbonyl (C=O) groups is 2. The van der Waals surface area contributed by atoms with Crippen LogP contribution >= 0.6 is 11.3 Å². The van der Waals surface area contributed by atoms with Crippen LogP contribution in [-0.4, -0.2) is 105 Å². The van der Waals surface area contributed by atoms with Crippen LogP contribution in [0, 0.1) is 11.3 Å². The molecule has 3 fully saturated rings. The van der Waals surface area contributed by atoms with E-state index < -0.39 is 5.41 Å². The predicted molar refractivity (Wildman–Crippen MR) is 170 cm³/mol. The van der Waals surface area contributed by atoms with Crippen LogP contribution in [0.2, 0.25) is 0 Å². The summed E-state index contributed by atoms with van der Waals surface area (Å²) in [5.74, 6) is 2.04. The van der Waals surface area contributed by atoms with E-state index in [4.69, 9.17) is 14.7 Å². The van der Waals surface area contributed by atoms with E-state index >= 15 is 0 Å². The van der Waals surface area contributed by atoms with Gasteiger partial charge >= 0.3 is 0 Å². The number of rotatable bonds is 6. The van der Waals surface area contributed by atoms with Gasteiger partial charge in [-0.3, -0.25) is 29.1 Å². The number of amides is 2. The number of fused-ring (bicyclic) bond motifs is 1. The lowest BCUT2D eigenvalue weighted by molar-refractivity contribution is -0.132. The summed E-state index contributed by atoms with van der Waals surface area (Å²) in [6.45, 7) is 5.79. The van der Waals surface area contributed by atoms with E-state index in [1.807, 2.05) is 29.1 Å². The number of nitrogens with zero attached hydrogens (tertiary/aromatic N) is 9. The number of aryl methyl sites for hydroxylation is 1. The van der Waals surface area contributed by atoms with Crippen molar-refractivity contribution in [3.63, 3.8) is 0 Å². The van der Waals surface area contributed by atoms with Crippen LogP contribution in [0.5, 0.6) is 0 Å². The molecule has 0 bridgehead atoms. The molecule has 1 atom stereocenters. The minimum Gasteiger partial charge on any atom is -0.381 e. The molecule has 13 heteroatoms. The lowest BCUT2D eigenvalue weighted by Gasteiger charge is -2.28. The molecule has 2 amide bonds. The zero-order chi connectivity index (χ0) is 30.5. The maximum absolute atomic E-state index is 13.9. The summed E-state index contributed by atoms with van der Waals surface area (Å²) < 4.78 is 7.24. The summed E-state index contributed by atoms with van der Waals surface area (Å²) in [7, 11) is 1.85. The summed E-state index contributed by atoms with van der Waals surface area (Å²) in [5.41, 5.74) is 3.91.